The fourth-order valence-corrected chi connectivity index (χ4v) is 4.23. The maximum atomic E-state index is 12.5. The van der Waals surface area contributed by atoms with E-state index in [0.29, 0.717) is 17.9 Å². The molecule has 1 aromatic rings. The number of carboxylic acid groups (broad SMARTS) is 1. The van der Waals surface area contributed by atoms with E-state index in [2.05, 4.69) is 5.32 Å². The highest BCUT2D eigenvalue weighted by Gasteiger charge is 2.50. The molecule has 1 aliphatic heterocycles. The van der Waals surface area contributed by atoms with Gasteiger partial charge in [0, 0.05) is 19.4 Å². The van der Waals surface area contributed by atoms with Crippen LogP contribution in [0.1, 0.15) is 18.4 Å². The molecule has 6 unspecified atom stereocenters. The number of methoxy groups -OCH3 is 3. The molecule has 214 valence electrons. The largest absolute Gasteiger partial charge is 0.493 e. The van der Waals surface area contributed by atoms with Gasteiger partial charge >= 0.3 is 5.97 Å². The summed E-state index contributed by atoms with van der Waals surface area (Å²) in [6.07, 6.45) is -4.70. The average Bonchev–Trinajstić information content (AvgIpc) is 2.93. The number of aliphatic carboxylic acids is 1. The Morgan fingerprint density at radius 3 is 2.38 bits per heavy atom. The van der Waals surface area contributed by atoms with E-state index in [1.165, 1.54) is 39.6 Å². The van der Waals surface area contributed by atoms with E-state index >= 15 is 0 Å². The van der Waals surface area contributed by atoms with Crippen molar-refractivity contribution in [2.75, 3.05) is 27.9 Å². The highest BCUT2D eigenvalue weighted by Crippen LogP contribution is 2.33. The Bertz CT molecular complexity index is 1120. The predicted molar refractivity (Wildman–Crippen MR) is 133 cm³/mol. The third-order valence-corrected chi connectivity index (χ3v) is 6.43. The maximum Gasteiger partial charge on any atom is 0.335 e. The molecule has 3 rings (SSSR count). The molecular weight excluding hydrogens is 518 g/mol. The number of carbonyl (C=O) groups excluding carboxylic acids is 2. The molecule has 0 aromatic heterocycles. The molecule has 13 nitrogen and oxygen atoms in total. The first-order valence-corrected chi connectivity index (χ1v) is 12.1. The average molecular weight is 552 g/mol. The van der Waals surface area contributed by atoms with Crippen molar-refractivity contribution in [3.8, 4) is 11.5 Å². The van der Waals surface area contributed by atoms with E-state index in [0.717, 1.165) is 5.56 Å². The smallest absolute Gasteiger partial charge is 0.335 e. The predicted octanol–water partition coefficient (Wildman–Crippen LogP) is -0.540. The van der Waals surface area contributed by atoms with E-state index in [9.17, 15) is 34.8 Å². The van der Waals surface area contributed by atoms with Crippen molar-refractivity contribution >= 4 is 17.7 Å². The summed E-state index contributed by atoms with van der Waals surface area (Å²) < 4.78 is 26.7. The van der Waals surface area contributed by atoms with Crippen LogP contribution in [-0.2, 0) is 35.0 Å². The lowest BCUT2D eigenvalue weighted by Crippen LogP contribution is -2.61. The fourth-order valence-electron chi connectivity index (χ4n) is 4.23. The zero-order valence-corrected chi connectivity index (χ0v) is 21.7. The number of allylic oxidation sites excluding steroid dienone is 1. The molecule has 5 N–H and O–H groups in total. The molecule has 0 spiro atoms. The Kier molecular flexibility index (Phi) is 10.1. The van der Waals surface area contributed by atoms with Crippen molar-refractivity contribution in [1.82, 2.24) is 5.32 Å². The molecule has 1 saturated heterocycles. The molecule has 6 atom stereocenters. The number of aliphatic hydroxyl groups is 3. The quantitative estimate of drug-likeness (QED) is 0.223. The summed E-state index contributed by atoms with van der Waals surface area (Å²) in [4.78, 5) is 36.2. The Balaban J connectivity index is 1.68. The van der Waals surface area contributed by atoms with E-state index in [4.69, 9.17) is 23.7 Å². The van der Waals surface area contributed by atoms with E-state index < -0.39 is 48.1 Å². The third-order valence-electron chi connectivity index (χ3n) is 6.43. The van der Waals surface area contributed by atoms with E-state index in [1.807, 2.05) is 6.07 Å². The van der Waals surface area contributed by atoms with Crippen LogP contribution in [0.25, 0.3) is 0 Å². The van der Waals surface area contributed by atoms with Gasteiger partial charge in [-0.1, -0.05) is 6.07 Å². The molecule has 2 aliphatic rings. The second kappa shape index (κ2) is 13.0. The number of carboxylic acids is 1. The first kappa shape index (κ1) is 30.1. The zero-order valence-electron chi connectivity index (χ0n) is 21.7. The van der Waals surface area contributed by atoms with Crippen molar-refractivity contribution in [1.29, 1.82) is 0 Å². The normalized spacial score (nSPS) is 28.4. The van der Waals surface area contributed by atoms with Crippen LogP contribution in [0.15, 0.2) is 42.2 Å². The van der Waals surface area contributed by atoms with Crippen molar-refractivity contribution in [2.24, 2.45) is 0 Å². The highest BCUT2D eigenvalue weighted by atomic mass is 16.7. The zero-order chi connectivity index (χ0) is 28.7. The minimum Gasteiger partial charge on any atom is -0.493 e. The number of rotatable bonds is 12. The van der Waals surface area contributed by atoms with Gasteiger partial charge in [0.1, 0.15) is 23.9 Å². The lowest BCUT2D eigenvalue weighted by molar-refractivity contribution is -0.309. The molecule has 13 heteroatoms. The number of ketones is 1. The number of ether oxygens (including phenoxy) is 5. The molecule has 1 heterocycles. The van der Waals surface area contributed by atoms with Crippen molar-refractivity contribution in [3.63, 3.8) is 0 Å². The SMILES string of the molecule is COC1=CC(CCNC(=O)CCc2ccc(OC)c(OC)c2)(OC2OC(C(=O)O)C(O)C(O)C2O)C=CC1=O. The van der Waals surface area contributed by atoms with Crippen LogP contribution >= 0.6 is 0 Å². The van der Waals surface area contributed by atoms with Crippen LogP contribution in [0, 0.1) is 0 Å². The Hall–Kier alpha value is -3.49. The van der Waals surface area contributed by atoms with Gasteiger partial charge in [-0.3, -0.25) is 9.59 Å². The fraction of sp³-hybridized carbons (Fsp3) is 0.500. The molecular formula is C26H33NO12. The number of aryl methyl sites for hydroxylation is 1. The Morgan fingerprint density at radius 2 is 1.74 bits per heavy atom. The van der Waals surface area contributed by atoms with Crippen molar-refractivity contribution in [3.05, 3.63) is 47.7 Å². The van der Waals surface area contributed by atoms with E-state index in [-0.39, 0.29) is 31.1 Å². The van der Waals surface area contributed by atoms with Gasteiger partial charge in [-0.25, -0.2) is 4.79 Å². The lowest BCUT2D eigenvalue weighted by Gasteiger charge is -2.42. The van der Waals surface area contributed by atoms with Crippen LogP contribution < -0.4 is 14.8 Å². The maximum absolute atomic E-state index is 12.5. The molecule has 1 amide bonds. The minimum atomic E-state index is -1.90. The Labute approximate surface area is 224 Å². The first-order chi connectivity index (χ1) is 18.5. The number of amides is 1. The van der Waals surface area contributed by atoms with Gasteiger partial charge < -0.3 is 49.4 Å². The van der Waals surface area contributed by atoms with Gasteiger partial charge in [-0.05, 0) is 42.3 Å². The molecule has 1 fully saturated rings. The first-order valence-electron chi connectivity index (χ1n) is 12.1. The molecule has 0 radical (unpaired) electrons. The monoisotopic (exact) mass is 551 g/mol. The summed E-state index contributed by atoms with van der Waals surface area (Å²) in [7, 11) is 4.32. The lowest BCUT2D eigenvalue weighted by atomic mass is 9.91. The van der Waals surface area contributed by atoms with Crippen LogP contribution in [0.4, 0.5) is 0 Å². The van der Waals surface area contributed by atoms with Gasteiger partial charge in [-0.15, -0.1) is 0 Å². The Morgan fingerprint density at radius 1 is 1.03 bits per heavy atom. The van der Waals surface area contributed by atoms with Crippen LogP contribution in [0.5, 0.6) is 11.5 Å². The summed E-state index contributed by atoms with van der Waals surface area (Å²) in [6.45, 7) is 0.0488. The minimum absolute atomic E-state index is 0.0225. The van der Waals surface area contributed by atoms with Gasteiger partial charge in [0.2, 0.25) is 11.7 Å². The van der Waals surface area contributed by atoms with E-state index in [1.54, 1.807) is 12.1 Å². The number of carbonyl (C=O) groups is 3. The molecule has 0 saturated carbocycles. The van der Waals surface area contributed by atoms with Crippen LogP contribution in [0.2, 0.25) is 0 Å². The summed E-state index contributed by atoms with van der Waals surface area (Å²) in [5.74, 6) is -1.27. The number of aliphatic hydroxyl groups excluding tert-OH is 3. The van der Waals surface area contributed by atoms with Crippen LogP contribution in [0.3, 0.4) is 0 Å². The van der Waals surface area contributed by atoms with Gasteiger partial charge in [0.05, 0.1) is 21.3 Å². The summed E-state index contributed by atoms with van der Waals surface area (Å²) in [5.41, 5.74) is -0.631. The third kappa shape index (κ3) is 7.13. The number of nitrogens with one attached hydrogen (secondary N) is 1. The summed E-state index contributed by atoms with van der Waals surface area (Å²) in [5, 5.41) is 42.6. The second-order valence-corrected chi connectivity index (χ2v) is 9.01. The number of hydrogen-bond acceptors (Lipinski definition) is 11. The highest BCUT2D eigenvalue weighted by molar-refractivity contribution is 6.03. The standard InChI is InChI=1S/C26H33NO12/c1-35-16-6-4-14(12-17(16)36-2)5-7-19(29)27-11-10-26(9-8-15(28)18(13-26)37-3)39-25-22(32)20(30)21(31)23(38-25)24(33)34/h4,6,8-9,12-13,20-23,25,30-32H,5,7,10-11H2,1-3H3,(H,27,29)(H,33,34). The van der Waals surface area contributed by atoms with Gasteiger partial charge in [-0.2, -0.15) is 0 Å². The summed E-state index contributed by atoms with van der Waals surface area (Å²) in [6, 6.07) is 5.35. The number of benzene rings is 1. The topological polar surface area (TPSA) is 190 Å². The van der Waals surface area contributed by atoms with Gasteiger partial charge in [0.25, 0.3) is 0 Å². The molecule has 1 aromatic carbocycles. The van der Waals surface area contributed by atoms with Crippen molar-refractivity contribution < 1.29 is 58.5 Å². The van der Waals surface area contributed by atoms with Gasteiger partial charge in [0.15, 0.2) is 29.7 Å². The molecule has 0 bridgehead atoms. The molecule has 39 heavy (non-hydrogen) atoms. The number of hydrogen-bond donors (Lipinski definition) is 5. The van der Waals surface area contributed by atoms with Crippen molar-refractivity contribution in [2.45, 2.75) is 55.6 Å². The van der Waals surface area contributed by atoms with Crippen LogP contribution in [-0.4, -0.2) is 102 Å². The summed E-state index contributed by atoms with van der Waals surface area (Å²) >= 11 is 0. The second-order valence-electron chi connectivity index (χ2n) is 9.01. The molecule has 1 aliphatic carbocycles.